The van der Waals surface area contributed by atoms with Crippen LogP contribution in [0.1, 0.15) is 91.6 Å². The van der Waals surface area contributed by atoms with Gasteiger partial charge in [-0.1, -0.05) is 49.1 Å². The molecular weight excluding hydrogens is 328 g/mol. The smallest absolute Gasteiger partial charge is 0.163 e. The minimum absolute atomic E-state index is 0.254. The summed E-state index contributed by atoms with van der Waals surface area (Å²) in [6, 6.07) is 11.7. The Balaban J connectivity index is 1.48. The zero-order valence-corrected chi connectivity index (χ0v) is 16.1. The number of allylic oxidation sites excluding steroid dienone is 2. The number of benzene rings is 2. The second-order valence-electron chi connectivity index (χ2n) is 9.59. The van der Waals surface area contributed by atoms with Crippen molar-refractivity contribution in [3.63, 3.8) is 0 Å². The van der Waals surface area contributed by atoms with Gasteiger partial charge in [-0.3, -0.25) is 4.79 Å². The molecule has 1 heteroatoms. The van der Waals surface area contributed by atoms with E-state index in [-0.39, 0.29) is 5.41 Å². The highest BCUT2D eigenvalue weighted by molar-refractivity contribution is 6.03. The Morgan fingerprint density at radius 3 is 2.63 bits per heavy atom. The third-order valence-corrected chi connectivity index (χ3v) is 8.24. The van der Waals surface area contributed by atoms with Crippen molar-refractivity contribution in [2.45, 2.75) is 75.5 Å². The first-order valence-electron chi connectivity index (χ1n) is 11.0. The minimum Gasteiger partial charge on any atom is -0.294 e. The van der Waals surface area contributed by atoms with E-state index in [1.807, 2.05) is 0 Å². The van der Waals surface area contributed by atoms with E-state index < -0.39 is 0 Å². The molecule has 0 radical (unpaired) electrons. The largest absolute Gasteiger partial charge is 0.294 e. The lowest BCUT2D eigenvalue weighted by Gasteiger charge is -2.41. The number of carbonyl (C=O) groups excluding carboxylic acids is 1. The van der Waals surface area contributed by atoms with Gasteiger partial charge >= 0.3 is 0 Å². The van der Waals surface area contributed by atoms with E-state index in [1.54, 1.807) is 5.57 Å². The molecule has 2 atom stereocenters. The SMILES string of the molecule is O=C1CCC2(CC3=CCC2C3)c2cc3ccc(C4CCCCC4)cc3cc21. The topological polar surface area (TPSA) is 17.1 Å². The van der Waals surface area contributed by atoms with Crippen LogP contribution >= 0.6 is 0 Å². The molecule has 0 aromatic heterocycles. The Labute approximate surface area is 161 Å². The van der Waals surface area contributed by atoms with Crippen LogP contribution in [0.5, 0.6) is 0 Å². The third kappa shape index (κ3) is 2.33. The number of carbonyl (C=O) groups is 1. The standard InChI is InChI=1S/C26H28O/c27-25-10-11-26(16-17-6-9-22(26)12-17)24-15-20-8-7-19(13-21(20)14-23(24)25)18-4-2-1-3-5-18/h6-8,13-15,18,22H,1-5,9-12,16H2. The van der Waals surface area contributed by atoms with Crippen molar-refractivity contribution in [1.29, 1.82) is 0 Å². The fourth-order valence-electron chi connectivity index (χ4n) is 6.77. The van der Waals surface area contributed by atoms with E-state index in [1.165, 1.54) is 73.3 Å². The van der Waals surface area contributed by atoms with Crippen molar-refractivity contribution >= 4 is 16.6 Å². The van der Waals surface area contributed by atoms with Gasteiger partial charge in [0.05, 0.1) is 0 Å². The Bertz CT molecular complexity index is 975. The maximum atomic E-state index is 12.8. The van der Waals surface area contributed by atoms with Crippen LogP contribution in [0.25, 0.3) is 10.8 Å². The van der Waals surface area contributed by atoms with Crippen molar-refractivity contribution in [3.05, 3.63) is 58.7 Å². The van der Waals surface area contributed by atoms with Gasteiger partial charge in [0.15, 0.2) is 5.78 Å². The van der Waals surface area contributed by atoms with Gasteiger partial charge in [-0.2, -0.15) is 0 Å². The van der Waals surface area contributed by atoms with Gasteiger partial charge in [0.25, 0.3) is 0 Å². The minimum atomic E-state index is 0.254. The first kappa shape index (κ1) is 16.1. The van der Waals surface area contributed by atoms with Crippen LogP contribution in [-0.2, 0) is 5.41 Å². The lowest BCUT2D eigenvalue weighted by molar-refractivity contribution is 0.0940. The molecule has 2 fully saturated rings. The summed E-state index contributed by atoms with van der Waals surface area (Å²) in [5, 5.41) is 2.61. The summed E-state index contributed by atoms with van der Waals surface area (Å²) >= 11 is 0. The van der Waals surface area contributed by atoms with Crippen LogP contribution in [0.3, 0.4) is 0 Å². The summed E-state index contributed by atoms with van der Waals surface area (Å²) in [6.45, 7) is 0. The van der Waals surface area contributed by atoms with Crippen LogP contribution in [0.2, 0.25) is 0 Å². The molecule has 2 bridgehead atoms. The van der Waals surface area contributed by atoms with Crippen LogP contribution in [0.15, 0.2) is 42.0 Å². The van der Waals surface area contributed by atoms with Crippen molar-refractivity contribution in [1.82, 2.24) is 0 Å². The molecule has 0 N–H and O–H groups in total. The van der Waals surface area contributed by atoms with E-state index in [2.05, 4.69) is 36.4 Å². The highest BCUT2D eigenvalue weighted by atomic mass is 16.1. The maximum Gasteiger partial charge on any atom is 0.163 e. The molecule has 0 aliphatic heterocycles. The number of ketones is 1. The zero-order chi connectivity index (χ0) is 18.0. The molecule has 2 aromatic rings. The highest BCUT2D eigenvalue weighted by Crippen LogP contribution is 2.59. The van der Waals surface area contributed by atoms with Gasteiger partial charge < -0.3 is 0 Å². The normalized spacial score (nSPS) is 30.1. The van der Waals surface area contributed by atoms with Crippen molar-refractivity contribution in [3.8, 4) is 0 Å². The van der Waals surface area contributed by atoms with Crippen LogP contribution < -0.4 is 0 Å². The van der Waals surface area contributed by atoms with Crippen molar-refractivity contribution in [2.75, 3.05) is 0 Å². The molecule has 1 nitrogen and oxygen atoms in total. The molecule has 2 aromatic carbocycles. The molecule has 27 heavy (non-hydrogen) atoms. The molecule has 0 amide bonds. The van der Waals surface area contributed by atoms with Gasteiger partial charge in [0.1, 0.15) is 0 Å². The molecule has 1 spiro atoms. The quantitative estimate of drug-likeness (QED) is 0.511. The monoisotopic (exact) mass is 356 g/mol. The summed E-state index contributed by atoms with van der Waals surface area (Å²) in [5.74, 6) is 1.83. The Hall–Kier alpha value is -1.89. The van der Waals surface area contributed by atoms with Gasteiger partial charge in [-0.25, -0.2) is 0 Å². The molecule has 6 rings (SSSR count). The Morgan fingerprint density at radius 1 is 0.963 bits per heavy atom. The highest BCUT2D eigenvalue weighted by Gasteiger charge is 2.51. The second-order valence-corrected chi connectivity index (χ2v) is 9.59. The molecule has 4 aliphatic carbocycles. The Morgan fingerprint density at radius 2 is 1.85 bits per heavy atom. The summed E-state index contributed by atoms with van der Waals surface area (Å²) in [4.78, 5) is 12.8. The second kappa shape index (κ2) is 5.80. The average molecular weight is 357 g/mol. The van der Waals surface area contributed by atoms with Crippen molar-refractivity contribution in [2.24, 2.45) is 5.92 Å². The number of rotatable bonds is 1. The number of hydrogen-bond donors (Lipinski definition) is 0. The van der Waals surface area contributed by atoms with E-state index in [4.69, 9.17) is 0 Å². The fraction of sp³-hybridized carbons (Fsp3) is 0.500. The van der Waals surface area contributed by atoms with Gasteiger partial charge in [-0.15, -0.1) is 0 Å². The van der Waals surface area contributed by atoms with Crippen LogP contribution in [0.4, 0.5) is 0 Å². The van der Waals surface area contributed by atoms with E-state index in [9.17, 15) is 4.79 Å². The lowest BCUT2D eigenvalue weighted by Crippen LogP contribution is -2.37. The summed E-state index contributed by atoms with van der Waals surface area (Å²) in [6.07, 6.45) is 14.7. The van der Waals surface area contributed by atoms with Gasteiger partial charge in [0.2, 0.25) is 0 Å². The lowest BCUT2D eigenvalue weighted by atomic mass is 9.62. The van der Waals surface area contributed by atoms with Gasteiger partial charge in [-0.05, 0) is 84.4 Å². The summed E-state index contributed by atoms with van der Waals surface area (Å²) in [5.41, 5.74) is 5.81. The Kier molecular flexibility index (Phi) is 3.46. The van der Waals surface area contributed by atoms with E-state index >= 15 is 0 Å². The summed E-state index contributed by atoms with van der Waals surface area (Å²) < 4.78 is 0. The first-order chi connectivity index (χ1) is 13.2. The zero-order valence-electron chi connectivity index (χ0n) is 16.1. The molecule has 138 valence electrons. The molecular formula is C26H28O. The van der Waals surface area contributed by atoms with Crippen LogP contribution in [-0.4, -0.2) is 5.78 Å². The average Bonchev–Trinajstić information content (AvgIpc) is 3.32. The summed E-state index contributed by atoms with van der Waals surface area (Å²) in [7, 11) is 0. The van der Waals surface area contributed by atoms with E-state index in [0.29, 0.717) is 5.78 Å². The molecule has 0 heterocycles. The fourth-order valence-corrected chi connectivity index (χ4v) is 6.77. The number of fused-ring (bicyclic) bond motifs is 6. The maximum absolute atomic E-state index is 12.8. The van der Waals surface area contributed by atoms with Gasteiger partial charge in [0, 0.05) is 17.4 Å². The predicted octanol–water partition coefficient (Wildman–Crippen LogP) is 6.84. The predicted molar refractivity (Wildman–Crippen MR) is 110 cm³/mol. The molecule has 0 saturated heterocycles. The van der Waals surface area contributed by atoms with Crippen LogP contribution in [0, 0.1) is 5.92 Å². The number of Topliss-reactive ketones (excluding diaryl/α,β-unsaturated/α-hetero) is 1. The first-order valence-corrected chi connectivity index (χ1v) is 11.0. The third-order valence-electron chi connectivity index (χ3n) is 8.24. The molecule has 4 aliphatic rings. The number of hydrogen-bond acceptors (Lipinski definition) is 1. The molecule has 2 saturated carbocycles. The van der Waals surface area contributed by atoms with Crippen molar-refractivity contribution < 1.29 is 4.79 Å². The van der Waals surface area contributed by atoms with E-state index in [0.717, 1.165) is 30.2 Å². The molecule has 2 unspecified atom stereocenters.